The number of nitrogens with zero attached hydrogens (tertiary/aromatic N) is 4. The number of hydrogen-bond donors (Lipinski definition) is 0. The number of sulfonamides is 1. The summed E-state index contributed by atoms with van der Waals surface area (Å²) in [6.45, 7) is 6.59. The maximum absolute atomic E-state index is 13.6. The van der Waals surface area contributed by atoms with Gasteiger partial charge in [0.1, 0.15) is 0 Å². The summed E-state index contributed by atoms with van der Waals surface area (Å²) < 4.78 is 30.1. The smallest absolute Gasteiger partial charge is 0.260 e. The van der Waals surface area contributed by atoms with Crippen LogP contribution in [0.25, 0.3) is 10.2 Å². The van der Waals surface area contributed by atoms with Crippen LogP contribution in [0.5, 0.6) is 0 Å². The van der Waals surface area contributed by atoms with Crippen molar-refractivity contribution in [3.05, 3.63) is 52.5 Å². The lowest BCUT2D eigenvalue weighted by atomic mass is 9.94. The predicted molar refractivity (Wildman–Crippen MR) is 150 cm³/mol. The number of amides is 1. The van der Waals surface area contributed by atoms with Crippen molar-refractivity contribution in [2.75, 3.05) is 45.2 Å². The van der Waals surface area contributed by atoms with Crippen LogP contribution < -0.4 is 4.90 Å². The molecule has 1 saturated heterocycles. The van der Waals surface area contributed by atoms with Crippen molar-refractivity contribution in [1.82, 2.24) is 14.2 Å². The number of rotatable bonds is 8. The molecule has 0 spiro atoms. The Kier molecular flexibility index (Phi) is 8.51. The van der Waals surface area contributed by atoms with E-state index in [1.54, 1.807) is 33.5 Å². The molecular formula is C26H33BrN4O3S2. The Balaban J connectivity index is 1.59. The third-order valence-corrected chi connectivity index (χ3v) is 9.76. The van der Waals surface area contributed by atoms with Crippen molar-refractivity contribution >= 4 is 58.5 Å². The molecule has 1 aliphatic heterocycles. The number of benzene rings is 2. The maximum atomic E-state index is 13.6. The fourth-order valence-electron chi connectivity index (χ4n) is 4.71. The van der Waals surface area contributed by atoms with E-state index < -0.39 is 10.0 Å². The Bertz CT molecular complexity index is 1310. The van der Waals surface area contributed by atoms with Crippen molar-refractivity contribution in [2.45, 2.75) is 31.6 Å². The van der Waals surface area contributed by atoms with Gasteiger partial charge in [-0.05, 0) is 87.8 Å². The Morgan fingerprint density at radius 2 is 1.75 bits per heavy atom. The first-order valence-corrected chi connectivity index (χ1v) is 15.2. The van der Waals surface area contributed by atoms with Crippen molar-refractivity contribution in [1.29, 1.82) is 0 Å². The van der Waals surface area contributed by atoms with Gasteiger partial charge >= 0.3 is 0 Å². The summed E-state index contributed by atoms with van der Waals surface area (Å²) in [5, 5.41) is 0.639. The maximum Gasteiger partial charge on any atom is 0.260 e. The van der Waals surface area contributed by atoms with E-state index in [9.17, 15) is 13.2 Å². The number of fused-ring (bicyclic) bond motifs is 1. The summed E-state index contributed by atoms with van der Waals surface area (Å²) >= 11 is 4.98. The van der Waals surface area contributed by atoms with E-state index in [0.29, 0.717) is 42.2 Å². The van der Waals surface area contributed by atoms with Crippen molar-refractivity contribution in [2.24, 2.45) is 11.8 Å². The van der Waals surface area contributed by atoms with E-state index in [2.05, 4.69) is 34.7 Å². The summed E-state index contributed by atoms with van der Waals surface area (Å²) in [6, 6.07) is 12.2. The van der Waals surface area contributed by atoms with Crippen LogP contribution in [-0.4, -0.2) is 68.8 Å². The summed E-state index contributed by atoms with van der Waals surface area (Å²) in [4.78, 5) is 22.4. The van der Waals surface area contributed by atoms with Crippen molar-refractivity contribution in [3.63, 3.8) is 0 Å². The molecule has 0 bridgehead atoms. The Labute approximate surface area is 226 Å². The van der Waals surface area contributed by atoms with Gasteiger partial charge in [-0.25, -0.2) is 13.4 Å². The van der Waals surface area contributed by atoms with Crippen LogP contribution in [0.2, 0.25) is 0 Å². The third kappa shape index (κ3) is 6.16. The monoisotopic (exact) mass is 592 g/mol. The molecule has 1 aliphatic rings. The van der Waals surface area contributed by atoms with Gasteiger partial charge in [-0.15, -0.1) is 0 Å². The van der Waals surface area contributed by atoms with Gasteiger partial charge in [-0.2, -0.15) is 4.31 Å². The number of piperidine rings is 1. The Morgan fingerprint density at radius 3 is 2.39 bits per heavy atom. The van der Waals surface area contributed by atoms with Gasteiger partial charge in [0.05, 0.1) is 15.1 Å². The van der Waals surface area contributed by atoms with Crippen LogP contribution in [0.1, 0.15) is 37.0 Å². The van der Waals surface area contributed by atoms with Crippen molar-refractivity contribution < 1.29 is 13.2 Å². The standard InChI is InChI=1S/C26H33BrN4O3S2/c1-18-14-19(2)17-30(16-18)36(33,34)22-9-6-20(7-10-22)25(32)31(13-5-12-29(3)4)26-28-23-11-8-21(27)15-24(23)35-26/h6-11,15,18-19H,5,12-14,16-17H2,1-4H3. The highest BCUT2D eigenvalue weighted by molar-refractivity contribution is 9.10. The second-order valence-electron chi connectivity index (χ2n) is 10.0. The number of carbonyl (C=O) groups is 1. The first-order valence-electron chi connectivity index (χ1n) is 12.2. The zero-order chi connectivity index (χ0) is 26.0. The minimum atomic E-state index is -3.60. The molecule has 1 fully saturated rings. The van der Waals surface area contributed by atoms with E-state index in [4.69, 9.17) is 4.98 Å². The number of hydrogen-bond acceptors (Lipinski definition) is 6. The quantitative estimate of drug-likeness (QED) is 0.354. The second-order valence-corrected chi connectivity index (χ2v) is 13.9. The topological polar surface area (TPSA) is 73.8 Å². The molecular weight excluding hydrogens is 560 g/mol. The van der Waals surface area contributed by atoms with Crippen LogP contribution in [0.4, 0.5) is 5.13 Å². The summed E-state index contributed by atoms with van der Waals surface area (Å²) in [7, 11) is 0.409. The molecule has 10 heteroatoms. The second kappa shape index (κ2) is 11.3. The molecule has 0 radical (unpaired) electrons. The summed E-state index contributed by atoms with van der Waals surface area (Å²) in [5.74, 6) is 0.472. The van der Waals surface area contributed by atoms with E-state index in [1.165, 1.54) is 11.3 Å². The van der Waals surface area contributed by atoms with E-state index in [0.717, 1.165) is 34.1 Å². The fraction of sp³-hybridized carbons (Fsp3) is 0.462. The molecule has 2 aromatic carbocycles. The molecule has 7 nitrogen and oxygen atoms in total. The molecule has 3 aromatic rings. The molecule has 0 aliphatic carbocycles. The van der Waals surface area contributed by atoms with E-state index in [-0.39, 0.29) is 10.8 Å². The van der Waals surface area contributed by atoms with Crippen molar-refractivity contribution in [3.8, 4) is 0 Å². The van der Waals surface area contributed by atoms with Crippen LogP contribution in [-0.2, 0) is 10.0 Å². The van der Waals surface area contributed by atoms with E-state index in [1.807, 2.05) is 32.3 Å². The fourth-order valence-corrected chi connectivity index (χ4v) is 7.93. The van der Waals surface area contributed by atoms with Gasteiger partial charge in [-0.3, -0.25) is 9.69 Å². The predicted octanol–water partition coefficient (Wildman–Crippen LogP) is 5.32. The summed E-state index contributed by atoms with van der Waals surface area (Å²) in [6.07, 6.45) is 1.82. The lowest BCUT2D eigenvalue weighted by Crippen LogP contribution is -2.42. The first kappa shape index (κ1) is 27.2. The zero-order valence-electron chi connectivity index (χ0n) is 21.1. The van der Waals surface area contributed by atoms with Gasteiger partial charge in [-0.1, -0.05) is 41.1 Å². The van der Waals surface area contributed by atoms with Gasteiger partial charge < -0.3 is 4.90 Å². The normalized spacial score (nSPS) is 19.2. The van der Waals surface area contributed by atoms with E-state index >= 15 is 0 Å². The molecule has 1 aromatic heterocycles. The Morgan fingerprint density at radius 1 is 1.08 bits per heavy atom. The van der Waals surface area contributed by atoms with Gasteiger partial charge in [0.2, 0.25) is 10.0 Å². The Hall–Kier alpha value is -1.85. The van der Waals surface area contributed by atoms with Crippen LogP contribution in [0.3, 0.4) is 0 Å². The number of aromatic nitrogens is 1. The number of anilines is 1. The lowest BCUT2D eigenvalue weighted by Gasteiger charge is -2.34. The average molecular weight is 594 g/mol. The minimum absolute atomic E-state index is 0.184. The minimum Gasteiger partial charge on any atom is -0.309 e. The highest BCUT2D eigenvalue weighted by atomic mass is 79.9. The average Bonchev–Trinajstić information content (AvgIpc) is 3.23. The molecule has 2 heterocycles. The number of carbonyl (C=O) groups excluding carboxylic acids is 1. The lowest BCUT2D eigenvalue weighted by molar-refractivity contribution is 0.0986. The van der Waals surface area contributed by atoms with Crippen LogP contribution >= 0.6 is 27.3 Å². The van der Waals surface area contributed by atoms with Crippen LogP contribution in [0, 0.1) is 11.8 Å². The van der Waals surface area contributed by atoms with Gasteiger partial charge in [0, 0.05) is 29.7 Å². The highest BCUT2D eigenvalue weighted by Gasteiger charge is 2.32. The molecule has 194 valence electrons. The van der Waals surface area contributed by atoms with Crippen LogP contribution in [0.15, 0.2) is 51.8 Å². The molecule has 4 rings (SSSR count). The third-order valence-electron chi connectivity index (χ3n) is 6.38. The largest absolute Gasteiger partial charge is 0.309 e. The summed E-state index contributed by atoms with van der Waals surface area (Å²) in [5.41, 5.74) is 1.29. The number of halogens is 1. The molecule has 1 amide bonds. The van der Waals surface area contributed by atoms with Gasteiger partial charge in [0.15, 0.2) is 5.13 Å². The molecule has 0 saturated carbocycles. The van der Waals surface area contributed by atoms with Gasteiger partial charge in [0.25, 0.3) is 5.91 Å². The molecule has 2 atom stereocenters. The first-order chi connectivity index (χ1) is 17.0. The highest BCUT2D eigenvalue weighted by Crippen LogP contribution is 2.32. The zero-order valence-corrected chi connectivity index (χ0v) is 24.4. The number of thiazole rings is 1. The molecule has 36 heavy (non-hydrogen) atoms. The molecule has 0 N–H and O–H groups in total. The molecule has 2 unspecified atom stereocenters. The SMILES string of the molecule is CC1CC(C)CN(S(=O)(=O)c2ccc(C(=O)N(CCCN(C)C)c3nc4ccc(Br)cc4s3)cc2)C1.